The molecule has 0 unspecified atom stereocenters. The van der Waals surface area contributed by atoms with Gasteiger partial charge in [-0.25, -0.2) is 4.98 Å². The summed E-state index contributed by atoms with van der Waals surface area (Å²) in [6, 6.07) is 23.3. The maximum atomic E-state index is 5.92. The number of aromatic nitrogens is 2. The molecule has 0 bridgehead atoms. The van der Waals surface area contributed by atoms with E-state index in [9.17, 15) is 0 Å². The summed E-state index contributed by atoms with van der Waals surface area (Å²) in [7, 11) is 0. The van der Waals surface area contributed by atoms with E-state index < -0.39 is 0 Å². The molecule has 30 heavy (non-hydrogen) atoms. The van der Waals surface area contributed by atoms with Crippen LogP contribution >= 0.6 is 11.3 Å². The minimum Gasteiger partial charge on any atom is -0.431 e. The largest absolute Gasteiger partial charge is 0.431 e. The Hall–Kier alpha value is -2.76. The molecule has 0 saturated carbocycles. The predicted molar refractivity (Wildman–Crippen MR) is 122 cm³/mol. The van der Waals surface area contributed by atoms with E-state index in [1.807, 2.05) is 24.3 Å². The minimum atomic E-state index is 0.637. The van der Waals surface area contributed by atoms with Crippen LogP contribution in [0.5, 0.6) is 10.9 Å². The van der Waals surface area contributed by atoms with Crippen molar-refractivity contribution in [2.45, 2.75) is 25.2 Å². The number of pyridine rings is 1. The van der Waals surface area contributed by atoms with Gasteiger partial charge in [-0.2, -0.15) is 4.98 Å². The molecule has 4 aromatic rings. The number of ether oxygens (including phenoxy) is 1. The van der Waals surface area contributed by atoms with E-state index >= 15 is 0 Å². The zero-order chi connectivity index (χ0) is 20.2. The van der Waals surface area contributed by atoms with Gasteiger partial charge in [0.05, 0.1) is 4.70 Å². The maximum Gasteiger partial charge on any atom is 0.281 e. The molecular weight excluding hydrogens is 390 g/mol. The van der Waals surface area contributed by atoms with Gasteiger partial charge < -0.3 is 9.64 Å². The third-order valence-electron chi connectivity index (χ3n) is 5.85. The molecule has 4 nitrogen and oxygen atoms in total. The van der Waals surface area contributed by atoms with Gasteiger partial charge in [0, 0.05) is 12.7 Å². The summed E-state index contributed by atoms with van der Waals surface area (Å²) in [5, 5.41) is 0.637. The number of piperidine rings is 1. The van der Waals surface area contributed by atoms with Crippen LogP contribution in [0.25, 0.3) is 10.3 Å². The Morgan fingerprint density at radius 3 is 2.50 bits per heavy atom. The zero-order valence-electron chi connectivity index (χ0n) is 16.9. The molecule has 152 valence electrons. The highest BCUT2D eigenvalue weighted by atomic mass is 32.1. The van der Waals surface area contributed by atoms with Crippen molar-refractivity contribution >= 4 is 21.7 Å². The molecule has 1 saturated heterocycles. The molecule has 2 aromatic heterocycles. The molecule has 2 aromatic carbocycles. The van der Waals surface area contributed by atoms with Gasteiger partial charge in [-0.1, -0.05) is 53.8 Å². The Balaban J connectivity index is 1.11. The molecule has 1 aliphatic heterocycles. The molecule has 0 radical (unpaired) electrons. The lowest BCUT2D eigenvalue weighted by Gasteiger charge is -2.32. The minimum absolute atomic E-state index is 0.637. The van der Waals surface area contributed by atoms with E-state index in [1.165, 1.54) is 48.4 Å². The molecule has 0 aliphatic carbocycles. The first-order valence-corrected chi connectivity index (χ1v) is 11.4. The van der Waals surface area contributed by atoms with Crippen LogP contribution < -0.4 is 4.74 Å². The number of nitrogens with zero attached hydrogens (tertiary/aromatic N) is 3. The van der Waals surface area contributed by atoms with Crippen molar-refractivity contribution in [2.75, 3.05) is 19.6 Å². The van der Waals surface area contributed by atoms with Crippen molar-refractivity contribution in [3.8, 4) is 10.9 Å². The second-order valence-corrected chi connectivity index (χ2v) is 8.82. The van der Waals surface area contributed by atoms with E-state index in [-0.39, 0.29) is 0 Å². The molecule has 5 heteroatoms. The number of thiazole rings is 1. The van der Waals surface area contributed by atoms with Crippen molar-refractivity contribution in [3.05, 3.63) is 84.1 Å². The van der Waals surface area contributed by atoms with Gasteiger partial charge in [0.1, 0.15) is 5.75 Å². The first-order chi connectivity index (χ1) is 14.8. The van der Waals surface area contributed by atoms with Crippen molar-refractivity contribution in [3.63, 3.8) is 0 Å². The first kappa shape index (κ1) is 19.2. The van der Waals surface area contributed by atoms with Gasteiger partial charge in [-0.05, 0) is 73.7 Å². The average Bonchev–Trinajstić information content (AvgIpc) is 3.22. The van der Waals surface area contributed by atoms with Crippen molar-refractivity contribution in [2.24, 2.45) is 0 Å². The SMILES string of the molecule is c1ccc(C2CCN(CCc3ccc(Oc4nc5ncccc5s4)cc3)CC2)cc1. The molecule has 5 rings (SSSR count). The van der Waals surface area contributed by atoms with Crippen LogP contribution in [0, 0.1) is 0 Å². The summed E-state index contributed by atoms with van der Waals surface area (Å²) in [5.41, 5.74) is 3.58. The summed E-state index contributed by atoms with van der Waals surface area (Å²) in [6.45, 7) is 3.49. The van der Waals surface area contributed by atoms with Gasteiger partial charge >= 0.3 is 0 Å². The van der Waals surface area contributed by atoms with Crippen LogP contribution in [0.15, 0.2) is 72.9 Å². The quantitative estimate of drug-likeness (QED) is 0.393. The second kappa shape index (κ2) is 8.94. The number of likely N-dealkylation sites (tertiary alicyclic amines) is 1. The number of benzene rings is 2. The standard InChI is InChI=1S/C25H25N3OS/c1-2-5-20(6-3-1)21-13-17-28(18-14-21)16-12-19-8-10-22(11-9-19)29-25-27-24-23(30-25)7-4-15-26-24/h1-11,15,21H,12-14,16-18H2. The van der Waals surface area contributed by atoms with E-state index in [0.717, 1.165) is 35.0 Å². The van der Waals surface area contributed by atoms with Crippen LogP contribution in [0.2, 0.25) is 0 Å². The summed E-state index contributed by atoms with van der Waals surface area (Å²) in [6.07, 6.45) is 5.34. The van der Waals surface area contributed by atoms with Crippen LogP contribution in [0.1, 0.15) is 29.9 Å². The van der Waals surface area contributed by atoms with Gasteiger partial charge in [0.25, 0.3) is 5.19 Å². The lowest BCUT2D eigenvalue weighted by molar-refractivity contribution is 0.214. The van der Waals surface area contributed by atoms with Gasteiger partial charge in [0.15, 0.2) is 5.65 Å². The van der Waals surface area contributed by atoms with Crippen LogP contribution in [0.4, 0.5) is 0 Å². The third kappa shape index (κ3) is 4.53. The van der Waals surface area contributed by atoms with E-state index in [2.05, 4.69) is 57.3 Å². The molecule has 3 heterocycles. The van der Waals surface area contributed by atoms with Crippen LogP contribution in [-0.2, 0) is 6.42 Å². The fraction of sp³-hybridized carbons (Fsp3) is 0.280. The molecule has 0 N–H and O–H groups in total. The molecular formula is C25H25N3OS. The summed E-state index contributed by atoms with van der Waals surface area (Å²) in [4.78, 5) is 11.3. The van der Waals surface area contributed by atoms with E-state index in [4.69, 9.17) is 4.74 Å². The molecule has 1 fully saturated rings. The highest BCUT2D eigenvalue weighted by molar-refractivity contribution is 7.20. The van der Waals surface area contributed by atoms with Gasteiger partial charge in [0.2, 0.25) is 0 Å². The number of rotatable bonds is 6. The number of hydrogen-bond donors (Lipinski definition) is 0. The first-order valence-electron chi connectivity index (χ1n) is 10.6. The number of hydrogen-bond acceptors (Lipinski definition) is 5. The topological polar surface area (TPSA) is 38.2 Å². The predicted octanol–water partition coefficient (Wildman–Crippen LogP) is 5.91. The summed E-state index contributed by atoms with van der Waals surface area (Å²) >= 11 is 1.52. The normalized spacial score (nSPS) is 15.5. The monoisotopic (exact) mass is 415 g/mol. The van der Waals surface area contributed by atoms with E-state index in [1.54, 1.807) is 6.20 Å². The van der Waals surface area contributed by atoms with Crippen LogP contribution in [0.3, 0.4) is 0 Å². The Morgan fingerprint density at radius 2 is 1.73 bits per heavy atom. The smallest absolute Gasteiger partial charge is 0.281 e. The fourth-order valence-electron chi connectivity index (χ4n) is 4.12. The molecule has 0 spiro atoms. The van der Waals surface area contributed by atoms with Crippen LogP contribution in [-0.4, -0.2) is 34.5 Å². The van der Waals surface area contributed by atoms with Gasteiger partial charge in [-0.3, -0.25) is 0 Å². The Morgan fingerprint density at radius 1 is 0.933 bits per heavy atom. The summed E-state index contributed by atoms with van der Waals surface area (Å²) in [5.74, 6) is 1.54. The zero-order valence-corrected chi connectivity index (χ0v) is 17.7. The van der Waals surface area contributed by atoms with Crippen molar-refractivity contribution < 1.29 is 4.74 Å². The molecule has 1 aliphatic rings. The van der Waals surface area contributed by atoms with Gasteiger partial charge in [-0.15, -0.1) is 0 Å². The lowest BCUT2D eigenvalue weighted by Crippen LogP contribution is -2.34. The lowest BCUT2D eigenvalue weighted by atomic mass is 9.89. The van der Waals surface area contributed by atoms with Crippen molar-refractivity contribution in [1.29, 1.82) is 0 Å². The third-order valence-corrected chi connectivity index (χ3v) is 6.74. The summed E-state index contributed by atoms with van der Waals surface area (Å²) < 4.78 is 6.97. The molecule has 0 atom stereocenters. The fourth-order valence-corrected chi connectivity index (χ4v) is 4.91. The van der Waals surface area contributed by atoms with E-state index in [0.29, 0.717) is 5.19 Å². The maximum absolute atomic E-state index is 5.92. The second-order valence-electron chi connectivity index (χ2n) is 7.83. The molecule has 0 amide bonds. The van der Waals surface area contributed by atoms with Crippen molar-refractivity contribution in [1.82, 2.24) is 14.9 Å². The highest BCUT2D eigenvalue weighted by Gasteiger charge is 2.20. The Labute approximate surface area is 181 Å². The highest BCUT2D eigenvalue weighted by Crippen LogP contribution is 2.30. The Bertz CT molecular complexity index is 1050. The average molecular weight is 416 g/mol. The number of fused-ring (bicyclic) bond motifs is 1. The Kier molecular flexibility index (Phi) is 5.73.